The molecule has 27 heavy (non-hydrogen) atoms. The number of rotatable bonds is 5. The highest BCUT2D eigenvalue weighted by Crippen LogP contribution is 2.22. The minimum atomic E-state index is 0.189. The van der Waals surface area contributed by atoms with Crippen LogP contribution in [0.2, 0.25) is 0 Å². The molecular weight excluding hydrogens is 336 g/mol. The fourth-order valence-electron chi connectivity index (χ4n) is 2.89. The summed E-state index contributed by atoms with van der Waals surface area (Å²) in [6, 6.07) is 14.7. The molecule has 0 saturated carbocycles. The molecule has 2 N–H and O–H groups in total. The molecule has 6 heteroatoms. The molecule has 0 amide bonds. The maximum Gasteiger partial charge on any atom is 0.191 e. The van der Waals surface area contributed by atoms with Crippen LogP contribution in [0.5, 0.6) is 0 Å². The third kappa shape index (κ3) is 4.84. The molecule has 3 aromatic rings. The second-order valence-corrected chi connectivity index (χ2v) is 7.59. The van der Waals surface area contributed by atoms with Crippen molar-refractivity contribution in [2.45, 2.75) is 39.2 Å². The molecule has 0 spiro atoms. The quantitative estimate of drug-likeness (QED) is 0.540. The highest BCUT2D eigenvalue weighted by molar-refractivity contribution is 5.79. The summed E-state index contributed by atoms with van der Waals surface area (Å²) in [5.41, 5.74) is 3.71. The van der Waals surface area contributed by atoms with E-state index in [9.17, 15) is 0 Å². The molecule has 0 unspecified atom stereocenters. The lowest BCUT2D eigenvalue weighted by Gasteiger charge is -2.19. The average Bonchev–Trinajstić information content (AvgIpc) is 3.07. The summed E-state index contributed by atoms with van der Waals surface area (Å²) in [5.74, 6) is 1.61. The molecule has 0 saturated heterocycles. The Bertz CT molecular complexity index is 902. The SMILES string of the molecule is CN=C(NCCc1ccc(C(C)(C)C)cc1)NCc1nnc2ccccn12. The first-order valence-electron chi connectivity index (χ1n) is 9.30. The second kappa shape index (κ2) is 8.20. The number of hydrogen-bond acceptors (Lipinski definition) is 3. The molecular formula is C21H28N6. The number of fused-ring (bicyclic) bond motifs is 1. The van der Waals surface area contributed by atoms with Crippen molar-refractivity contribution in [2.24, 2.45) is 4.99 Å². The van der Waals surface area contributed by atoms with Gasteiger partial charge in [-0.15, -0.1) is 10.2 Å². The lowest BCUT2D eigenvalue weighted by Crippen LogP contribution is -2.38. The fraction of sp³-hybridized carbons (Fsp3) is 0.381. The van der Waals surface area contributed by atoms with Crippen molar-refractivity contribution in [2.75, 3.05) is 13.6 Å². The first kappa shape index (κ1) is 18.9. The normalized spacial score (nSPS) is 12.4. The molecule has 0 aliphatic rings. The van der Waals surface area contributed by atoms with Gasteiger partial charge in [-0.1, -0.05) is 51.1 Å². The Labute approximate surface area is 160 Å². The van der Waals surface area contributed by atoms with Gasteiger partial charge in [-0.2, -0.15) is 0 Å². The molecule has 0 aliphatic heterocycles. The first-order chi connectivity index (χ1) is 13.0. The number of nitrogens with zero attached hydrogens (tertiary/aromatic N) is 4. The van der Waals surface area contributed by atoms with Gasteiger partial charge in [-0.25, -0.2) is 0 Å². The van der Waals surface area contributed by atoms with Crippen LogP contribution in [-0.2, 0) is 18.4 Å². The van der Waals surface area contributed by atoms with Gasteiger partial charge in [0.05, 0.1) is 6.54 Å². The molecule has 1 aromatic carbocycles. The van der Waals surface area contributed by atoms with Crippen molar-refractivity contribution in [3.05, 3.63) is 65.6 Å². The van der Waals surface area contributed by atoms with Crippen LogP contribution in [0, 0.1) is 0 Å². The molecule has 0 radical (unpaired) electrons. The maximum atomic E-state index is 4.28. The van der Waals surface area contributed by atoms with Gasteiger partial charge in [0.25, 0.3) is 0 Å². The summed E-state index contributed by atoms with van der Waals surface area (Å²) in [4.78, 5) is 4.28. The molecule has 0 bridgehead atoms. The minimum absolute atomic E-state index is 0.189. The van der Waals surface area contributed by atoms with Crippen molar-refractivity contribution in [1.82, 2.24) is 25.2 Å². The van der Waals surface area contributed by atoms with Gasteiger partial charge >= 0.3 is 0 Å². The van der Waals surface area contributed by atoms with Crippen molar-refractivity contribution in [3.63, 3.8) is 0 Å². The van der Waals surface area contributed by atoms with Crippen LogP contribution in [0.15, 0.2) is 53.7 Å². The molecule has 0 atom stereocenters. The van der Waals surface area contributed by atoms with E-state index in [1.807, 2.05) is 28.8 Å². The smallest absolute Gasteiger partial charge is 0.191 e. The Kier molecular flexibility index (Phi) is 5.74. The Hall–Kier alpha value is -2.89. The van der Waals surface area contributed by atoms with Crippen molar-refractivity contribution in [1.29, 1.82) is 0 Å². The molecule has 2 heterocycles. The van der Waals surface area contributed by atoms with E-state index in [2.05, 4.69) is 70.9 Å². The van der Waals surface area contributed by atoms with E-state index < -0.39 is 0 Å². The number of benzene rings is 1. The molecule has 0 fully saturated rings. The summed E-state index contributed by atoms with van der Waals surface area (Å²) in [6.07, 6.45) is 2.91. The molecule has 0 aliphatic carbocycles. The molecule has 2 aromatic heterocycles. The van der Waals surface area contributed by atoms with Crippen LogP contribution >= 0.6 is 0 Å². The zero-order chi connectivity index (χ0) is 19.3. The number of pyridine rings is 1. The van der Waals surface area contributed by atoms with Gasteiger partial charge in [0.15, 0.2) is 17.4 Å². The number of nitrogens with one attached hydrogen (secondary N) is 2. The summed E-state index contributed by atoms with van der Waals surface area (Å²) >= 11 is 0. The summed E-state index contributed by atoms with van der Waals surface area (Å²) in [5, 5.41) is 15.0. The minimum Gasteiger partial charge on any atom is -0.356 e. The van der Waals surface area contributed by atoms with E-state index in [1.54, 1.807) is 7.05 Å². The number of guanidine groups is 1. The van der Waals surface area contributed by atoms with Gasteiger partial charge in [0.1, 0.15) is 0 Å². The number of aromatic nitrogens is 3. The van der Waals surface area contributed by atoms with Crippen LogP contribution in [0.1, 0.15) is 37.7 Å². The summed E-state index contributed by atoms with van der Waals surface area (Å²) in [6.45, 7) is 8.08. The Morgan fingerprint density at radius 3 is 2.52 bits per heavy atom. The van der Waals surface area contributed by atoms with E-state index in [1.165, 1.54) is 11.1 Å². The fourth-order valence-corrected chi connectivity index (χ4v) is 2.89. The Morgan fingerprint density at radius 1 is 1.04 bits per heavy atom. The maximum absolute atomic E-state index is 4.28. The highest BCUT2D eigenvalue weighted by atomic mass is 15.3. The van der Waals surface area contributed by atoms with Crippen molar-refractivity contribution in [3.8, 4) is 0 Å². The van der Waals surface area contributed by atoms with Gasteiger partial charge in [-0.3, -0.25) is 9.39 Å². The zero-order valence-corrected chi connectivity index (χ0v) is 16.5. The van der Waals surface area contributed by atoms with E-state index in [4.69, 9.17) is 0 Å². The van der Waals surface area contributed by atoms with Gasteiger partial charge in [-0.05, 0) is 35.1 Å². The third-order valence-electron chi connectivity index (χ3n) is 4.55. The molecule has 6 nitrogen and oxygen atoms in total. The Balaban J connectivity index is 1.49. The van der Waals surface area contributed by atoms with Crippen LogP contribution < -0.4 is 10.6 Å². The monoisotopic (exact) mass is 364 g/mol. The largest absolute Gasteiger partial charge is 0.356 e. The highest BCUT2D eigenvalue weighted by Gasteiger charge is 2.12. The van der Waals surface area contributed by atoms with Crippen LogP contribution in [0.4, 0.5) is 0 Å². The zero-order valence-electron chi connectivity index (χ0n) is 16.5. The van der Waals surface area contributed by atoms with E-state index in [0.717, 1.165) is 30.4 Å². The average molecular weight is 364 g/mol. The summed E-state index contributed by atoms with van der Waals surface area (Å²) in [7, 11) is 1.77. The molecule has 3 rings (SSSR count). The van der Waals surface area contributed by atoms with Gasteiger partial charge in [0.2, 0.25) is 0 Å². The third-order valence-corrected chi connectivity index (χ3v) is 4.55. The van der Waals surface area contributed by atoms with Crippen LogP contribution in [0.3, 0.4) is 0 Å². The number of aliphatic imine (C=N–C) groups is 1. The van der Waals surface area contributed by atoms with Gasteiger partial charge < -0.3 is 10.6 Å². The topological polar surface area (TPSA) is 66.6 Å². The standard InChI is InChI=1S/C21H28N6/c1-21(2,3)17-10-8-16(9-11-17)12-13-23-20(22-4)24-15-19-26-25-18-7-5-6-14-27(18)19/h5-11,14H,12-13,15H2,1-4H3,(H2,22,23,24). The van der Waals surface area contributed by atoms with E-state index in [0.29, 0.717) is 6.54 Å². The number of hydrogen-bond donors (Lipinski definition) is 2. The lowest BCUT2D eigenvalue weighted by atomic mass is 9.86. The summed E-state index contributed by atoms with van der Waals surface area (Å²) < 4.78 is 1.97. The Morgan fingerprint density at radius 2 is 1.81 bits per heavy atom. The second-order valence-electron chi connectivity index (χ2n) is 7.59. The van der Waals surface area contributed by atoms with Crippen molar-refractivity contribution >= 4 is 11.6 Å². The molecule has 142 valence electrons. The predicted molar refractivity (Wildman–Crippen MR) is 110 cm³/mol. The van der Waals surface area contributed by atoms with E-state index in [-0.39, 0.29) is 5.41 Å². The van der Waals surface area contributed by atoms with E-state index >= 15 is 0 Å². The lowest BCUT2D eigenvalue weighted by molar-refractivity contribution is 0.590. The first-order valence-corrected chi connectivity index (χ1v) is 9.30. The predicted octanol–water partition coefficient (Wildman–Crippen LogP) is 2.93. The van der Waals surface area contributed by atoms with Crippen LogP contribution in [0.25, 0.3) is 5.65 Å². The van der Waals surface area contributed by atoms with Gasteiger partial charge in [0, 0.05) is 19.8 Å². The van der Waals surface area contributed by atoms with Crippen molar-refractivity contribution < 1.29 is 0 Å². The van der Waals surface area contributed by atoms with Crippen LogP contribution in [-0.4, -0.2) is 34.2 Å².